The van der Waals surface area contributed by atoms with Gasteiger partial charge in [-0.15, -0.1) is 22.6 Å². The van der Waals surface area contributed by atoms with Crippen LogP contribution in [0.4, 0.5) is 28.6 Å². The van der Waals surface area contributed by atoms with Crippen molar-refractivity contribution in [1.29, 1.82) is 0 Å². The SMILES string of the molecule is C.C.C.C1=CN2C=CN3Cc4cccc1c4C23.CC(=O)C=C(C)O.CC(C)(C)C1=Cc2cccc3c2C2N(C3)c3ccccc3N12.CC(C)c1cccc(C(C)C)c1-n1cc[n+]2c1-c1cc3c(cc1C2)oc1ccccc13.CC(C)c1cccc(C(C)C)c1-n1cc[n+]2c1-c1cc3c(cc1C2)sc1ccccc13.Cc1cc2c(cc1C)N1C(C(C)(C)C)=Nc3nc(C(C)(C)C)c[c-]c3C1[N-]2.[Ir]. The number of hydrogen-bond donors (Lipinski definition) is 1. The van der Waals surface area contributed by atoms with Gasteiger partial charge in [-0.2, -0.15) is 21.3 Å². The van der Waals surface area contributed by atoms with E-state index in [0.717, 1.165) is 71.6 Å². The number of aliphatic imine (C=N–C) groups is 1. The number of aryl methyl sites for hydroxylation is 2. The number of aliphatic hydroxyl groups excluding tert-OH is 1. The van der Waals surface area contributed by atoms with Gasteiger partial charge in [-0.05, 0) is 163 Å². The summed E-state index contributed by atoms with van der Waals surface area (Å²) in [6, 6.07) is 72.2. The molecule has 10 aromatic carbocycles. The third-order valence-corrected chi connectivity index (χ3v) is 28.6. The molecule has 701 valence electrons. The van der Waals surface area contributed by atoms with Gasteiger partial charge in [0.15, 0.2) is 5.78 Å². The minimum absolute atomic E-state index is 0. The number of aromatic nitrogens is 5. The minimum atomic E-state index is -0.135. The Hall–Kier alpha value is -12.7. The zero-order valence-electron chi connectivity index (χ0n) is 80.4. The maximum absolute atomic E-state index is 10.0. The average Bonchev–Trinajstić information content (AvgIpc) is 1.54. The van der Waals surface area contributed by atoms with Crippen LogP contribution in [-0.4, -0.2) is 40.6 Å². The fourth-order valence-corrected chi connectivity index (χ4v) is 22.2. The summed E-state index contributed by atoms with van der Waals surface area (Å²) in [5.74, 6) is 6.14. The molecule has 15 nitrogen and oxygen atoms in total. The maximum atomic E-state index is 10.0. The Morgan fingerprint density at radius 1 is 0.544 bits per heavy atom. The van der Waals surface area contributed by atoms with E-state index >= 15 is 0 Å². The van der Waals surface area contributed by atoms with Crippen molar-refractivity contribution in [3.05, 3.63) is 350 Å². The van der Waals surface area contributed by atoms with Crippen LogP contribution < -0.4 is 23.8 Å². The molecule has 25 rings (SSSR count). The summed E-state index contributed by atoms with van der Waals surface area (Å²) in [5, 5.41) is 18.5. The first-order chi connectivity index (χ1) is 63.1. The number of rotatable bonds is 7. The molecule has 0 amide bonds. The fraction of sp³-hybridized carbons (Fsp3) is 0.319. The Labute approximate surface area is 823 Å². The topological polar surface area (TPSA) is 124 Å². The number of amidine groups is 1. The van der Waals surface area contributed by atoms with E-state index in [4.69, 9.17) is 24.8 Å². The summed E-state index contributed by atoms with van der Waals surface area (Å²) in [6.45, 7) is 49.4. The number of nitrogens with zero attached hydrogens (tertiary/aromatic N) is 12. The van der Waals surface area contributed by atoms with Gasteiger partial charge in [-0.3, -0.25) is 9.79 Å². The first-order valence-electron chi connectivity index (χ1n) is 47.0. The van der Waals surface area contributed by atoms with Gasteiger partial charge in [0, 0.05) is 161 Å². The van der Waals surface area contributed by atoms with Crippen molar-refractivity contribution in [2.24, 2.45) is 15.8 Å². The van der Waals surface area contributed by atoms with Crippen molar-refractivity contribution in [2.45, 2.75) is 241 Å². The number of carbonyl (C=O) groups excluding carboxylic acids is 1. The average molecular weight is 2000 g/mol. The predicted molar refractivity (Wildman–Crippen MR) is 564 cm³/mol. The van der Waals surface area contributed by atoms with E-state index in [-0.39, 0.29) is 76.3 Å². The van der Waals surface area contributed by atoms with Gasteiger partial charge in [0.05, 0.1) is 28.3 Å². The molecular formula is C119H132IrN12O3S. The third kappa shape index (κ3) is 16.8. The molecule has 17 heteroatoms. The molecule has 1 radical (unpaired) electrons. The molecule has 15 heterocycles. The van der Waals surface area contributed by atoms with Gasteiger partial charge in [-0.25, -0.2) is 9.13 Å². The third-order valence-electron chi connectivity index (χ3n) is 27.5. The summed E-state index contributed by atoms with van der Waals surface area (Å²) in [7, 11) is 0. The van der Waals surface area contributed by atoms with E-state index in [1.54, 1.807) is 0 Å². The van der Waals surface area contributed by atoms with Crippen LogP contribution in [0, 0.1) is 30.7 Å². The predicted octanol–water partition coefficient (Wildman–Crippen LogP) is 30.9. The number of pyridine rings is 1. The first-order valence-corrected chi connectivity index (χ1v) is 47.8. The van der Waals surface area contributed by atoms with Gasteiger partial charge in [0.2, 0.25) is 0 Å². The van der Waals surface area contributed by atoms with E-state index < -0.39 is 0 Å². The number of para-hydroxylation sites is 5. The number of hydrogen-bond acceptors (Lipinski definition) is 11. The van der Waals surface area contributed by atoms with Crippen LogP contribution in [0.2, 0.25) is 0 Å². The first kappa shape index (κ1) is 96.5. The molecule has 5 aromatic heterocycles. The number of fused-ring (bicyclic) bond motifs is 20. The number of carbonyl (C=O) groups is 1. The molecule has 15 aromatic rings. The summed E-state index contributed by atoms with van der Waals surface area (Å²) in [5.41, 5.74) is 35.2. The van der Waals surface area contributed by atoms with Crippen molar-refractivity contribution < 1.29 is 43.6 Å². The van der Waals surface area contributed by atoms with Crippen LogP contribution >= 0.6 is 11.3 Å². The fourth-order valence-electron chi connectivity index (χ4n) is 21.1. The molecule has 0 bridgehead atoms. The van der Waals surface area contributed by atoms with E-state index in [9.17, 15) is 4.79 Å². The molecule has 0 spiro atoms. The van der Waals surface area contributed by atoms with E-state index in [0.29, 0.717) is 36.0 Å². The largest absolute Gasteiger partial charge is 0.661 e. The van der Waals surface area contributed by atoms with Crippen LogP contribution in [0.1, 0.15) is 285 Å². The Kier molecular flexibility index (Phi) is 26.1. The van der Waals surface area contributed by atoms with E-state index in [1.807, 2.05) is 23.5 Å². The van der Waals surface area contributed by atoms with E-state index in [1.165, 1.54) is 180 Å². The Bertz CT molecular complexity index is 7100. The summed E-state index contributed by atoms with van der Waals surface area (Å²) < 4.78 is 18.6. The van der Waals surface area contributed by atoms with Crippen LogP contribution in [0.25, 0.3) is 93.7 Å². The van der Waals surface area contributed by atoms with Crippen molar-refractivity contribution >= 4 is 106 Å². The molecule has 0 fully saturated rings. The van der Waals surface area contributed by atoms with Crippen molar-refractivity contribution in [3.63, 3.8) is 0 Å². The molecule has 136 heavy (non-hydrogen) atoms. The number of ketones is 1. The number of thiophene rings is 1. The number of furan rings is 1. The quantitative estimate of drug-likeness (QED) is 0.0719. The number of benzene rings is 10. The molecule has 0 saturated carbocycles. The smallest absolute Gasteiger partial charge is 0.294 e. The molecule has 0 saturated heterocycles. The molecular weight excluding hydrogens is 1870 g/mol. The van der Waals surface area contributed by atoms with Crippen LogP contribution in [-0.2, 0) is 56.5 Å². The molecule has 1 N–H and O–H groups in total. The van der Waals surface area contributed by atoms with Gasteiger partial charge in [0.1, 0.15) is 78.6 Å². The van der Waals surface area contributed by atoms with Crippen molar-refractivity contribution in [2.75, 3.05) is 14.7 Å². The Morgan fingerprint density at radius 3 is 1.68 bits per heavy atom. The maximum Gasteiger partial charge on any atom is 0.294 e. The number of imidazole rings is 2. The molecule has 3 atom stereocenters. The van der Waals surface area contributed by atoms with E-state index in [2.05, 4.69) is 412 Å². The number of allylic oxidation sites excluding steroid dienone is 3. The molecule has 10 aliphatic heterocycles. The minimum Gasteiger partial charge on any atom is -0.661 e. The second kappa shape index (κ2) is 36.8. The molecule has 0 aliphatic carbocycles. The number of anilines is 3. The zero-order valence-corrected chi connectivity index (χ0v) is 83.6. The number of aliphatic hydroxyl groups is 1. The second-order valence-electron chi connectivity index (χ2n) is 41.4. The Morgan fingerprint density at radius 2 is 1.10 bits per heavy atom. The Balaban J connectivity index is 0.000000122. The van der Waals surface area contributed by atoms with Gasteiger partial charge in [-0.1, -0.05) is 273 Å². The second-order valence-corrected chi connectivity index (χ2v) is 42.5. The van der Waals surface area contributed by atoms with Gasteiger partial charge >= 0.3 is 0 Å². The standard InChI is InChI=1S/C28H27N2O.C28H27N2S.C23H28N4.C20H20N2.C12H10N2.C5H8O2.3CH4.Ir/c2*1-17(2)20-9-7-10-21(18(3)4)27(20)30-13-12-29-16-19-14-26-24(15-23(19)28(29)30)22-8-5-6-11-25(22)31-26;1-13-11-16-17(12-14(13)2)27-20(24-16)15-9-10-18(22(3,4)5)25-19(15)26-21(27)23(6,7)8;1-20(2,3)17-11-13-7-6-8-14-12-21-15-9-4-5-10-16(15)22(17)19(21)18(13)14;1-2-9-4-5-13-6-7-14-8-10(3-1)11(9)12(13)14;1-4(6)3-5(2)7;;;;/h2*5-15,17-18H,16H2,1-4H3;10-12,20H,1-8H3;4-11,19H,12H2,1-3H3;1-7,12H,8H2;3,6H,1-2H3;3*1H4;/q2*+1;-2;;;;;;;. The van der Waals surface area contributed by atoms with Crippen molar-refractivity contribution in [3.8, 4) is 34.2 Å². The normalized spacial score (nSPS) is 16.1. The van der Waals surface area contributed by atoms with Crippen LogP contribution in [0.15, 0.2) is 258 Å². The zero-order chi connectivity index (χ0) is 92.3. The summed E-state index contributed by atoms with van der Waals surface area (Å²) in [6.07, 6.45) is 21.9. The van der Waals surface area contributed by atoms with Crippen LogP contribution in [0.3, 0.4) is 0 Å². The molecule has 10 aliphatic rings. The van der Waals surface area contributed by atoms with Gasteiger partial charge < -0.3 is 44.3 Å². The molecule has 3 unspecified atom stereocenters. The summed E-state index contributed by atoms with van der Waals surface area (Å²) >= 11 is 1.91. The van der Waals surface area contributed by atoms with Gasteiger partial charge in [0.25, 0.3) is 11.6 Å². The van der Waals surface area contributed by atoms with Crippen molar-refractivity contribution in [1.82, 2.24) is 23.9 Å². The monoisotopic (exact) mass is 2000 g/mol. The summed E-state index contributed by atoms with van der Waals surface area (Å²) in [4.78, 5) is 32.0. The van der Waals surface area contributed by atoms with Crippen LogP contribution in [0.5, 0.6) is 0 Å².